The molecule has 2 saturated carbocycles. The summed E-state index contributed by atoms with van der Waals surface area (Å²) in [4.78, 5) is 23.5. The number of rotatable bonds is 4. The second-order valence-electron chi connectivity index (χ2n) is 9.33. The van der Waals surface area contributed by atoms with Crippen molar-refractivity contribution in [3.8, 4) is 0 Å². The standard InChI is InChI=1S/C24H21F4N5O/c25-16-4-2-8-30-20(16)19-15(3-1-7-29-19)22(34)33-12-14-9-23(14)10-17(21(23)33)32-18-6-5-13(11-31-18)24(26,27)28/h1-6,8,11,14,17,21,29H,7,9-10,12H2,(H,31,32). The number of nitrogens with one attached hydrogen (secondary N) is 2. The minimum absolute atomic E-state index is 0.0576. The molecule has 4 atom stereocenters. The first-order valence-electron chi connectivity index (χ1n) is 11.1. The lowest BCUT2D eigenvalue weighted by Gasteiger charge is -2.48. The molecule has 4 heterocycles. The van der Waals surface area contributed by atoms with E-state index in [4.69, 9.17) is 0 Å². The molecule has 2 N–H and O–H groups in total. The zero-order valence-electron chi connectivity index (χ0n) is 17.9. The van der Waals surface area contributed by atoms with Crippen molar-refractivity contribution in [2.24, 2.45) is 11.3 Å². The monoisotopic (exact) mass is 471 g/mol. The third-order valence-corrected chi connectivity index (χ3v) is 7.46. The number of dihydropyridines is 1. The lowest BCUT2D eigenvalue weighted by molar-refractivity contribution is -0.137. The Hall–Kier alpha value is -3.43. The third-order valence-electron chi connectivity index (χ3n) is 7.46. The van der Waals surface area contributed by atoms with Crippen molar-refractivity contribution in [3.05, 3.63) is 71.5 Å². The minimum Gasteiger partial charge on any atom is -0.379 e. The molecule has 3 fully saturated rings. The molecular formula is C24H21F4N5O. The lowest BCUT2D eigenvalue weighted by atomic mass is 9.71. The predicted octanol–water partition coefficient (Wildman–Crippen LogP) is 3.61. The molecule has 0 bridgehead atoms. The van der Waals surface area contributed by atoms with Crippen molar-refractivity contribution in [1.82, 2.24) is 20.2 Å². The summed E-state index contributed by atoms with van der Waals surface area (Å²) >= 11 is 0. The number of anilines is 1. The molecular weight excluding hydrogens is 450 g/mol. The number of hydrogen-bond acceptors (Lipinski definition) is 5. The molecule has 2 aromatic heterocycles. The number of nitrogens with zero attached hydrogens (tertiary/aromatic N) is 3. The minimum atomic E-state index is -4.44. The van der Waals surface area contributed by atoms with Crippen LogP contribution < -0.4 is 10.6 Å². The summed E-state index contributed by atoms with van der Waals surface area (Å²) in [6, 6.07) is 4.91. The highest BCUT2D eigenvalue weighted by molar-refractivity contribution is 6.04. The van der Waals surface area contributed by atoms with Crippen LogP contribution in [0.25, 0.3) is 5.70 Å². The molecule has 2 aliphatic heterocycles. The van der Waals surface area contributed by atoms with Crippen molar-refractivity contribution in [3.63, 3.8) is 0 Å². The van der Waals surface area contributed by atoms with Gasteiger partial charge in [0.05, 0.1) is 22.9 Å². The van der Waals surface area contributed by atoms with E-state index in [9.17, 15) is 22.4 Å². The molecule has 2 aliphatic carbocycles. The summed E-state index contributed by atoms with van der Waals surface area (Å²) in [6.45, 7) is 1.07. The van der Waals surface area contributed by atoms with Crippen LogP contribution in [0.3, 0.4) is 0 Å². The van der Waals surface area contributed by atoms with E-state index in [0.717, 1.165) is 25.1 Å². The first-order chi connectivity index (χ1) is 16.3. The topological polar surface area (TPSA) is 70.2 Å². The molecule has 6 nitrogen and oxygen atoms in total. The van der Waals surface area contributed by atoms with Gasteiger partial charge in [-0.3, -0.25) is 9.78 Å². The Bertz CT molecular complexity index is 1220. The van der Waals surface area contributed by atoms with Gasteiger partial charge < -0.3 is 15.5 Å². The molecule has 6 rings (SSSR count). The summed E-state index contributed by atoms with van der Waals surface area (Å²) in [7, 11) is 0. The van der Waals surface area contributed by atoms with Crippen LogP contribution in [0.1, 0.15) is 24.1 Å². The van der Waals surface area contributed by atoms with E-state index in [1.54, 1.807) is 6.08 Å². The number of piperidine rings is 1. The Kier molecular flexibility index (Phi) is 4.53. The van der Waals surface area contributed by atoms with E-state index < -0.39 is 17.6 Å². The van der Waals surface area contributed by atoms with E-state index in [2.05, 4.69) is 20.6 Å². The molecule has 10 heteroatoms. The largest absolute Gasteiger partial charge is 0.417 e. The molecule has 4 unspecified atom stereocenters. The molecule has 0 aromatic carbocycles. The Morgan fingerprint density at radius 3 is 2.79 bits per heavy atom. The van der Waals surface area contributed by atoms with Gasteiger partial charge >= 0.3 is 6.18 Å². The van der Waals surface area contributed by atoms with Crippen LogP contribution in [0.4, 0.5) is 23.4 Å². The van der Waals surface area contributed by atoms with Gasteiger partial charge in [0.1, 0.15) is 11.5 Å². The quantitative estimate of drug-likeness (QED) is 0.667. The Balaban J connectivity index is 1.26. The highest BCUT2D eigenvalue weighted by Gasteiger charge is 2.75. The van der Waals surface area contributed by atoms with Gasteiger partial charge in [-0.1, -0.05) is 6.08 Å². The number of amides is 1. The number of aromatic nitrogens is 2. The number of carbonyl (C=O) groups is 1. The molecule has 0 radical (unpaired) electrons. The van der Waals surface area contributed by atoms with Gasteiger partial charge in [-0.25, -0.2) is 9.37 Å². The summed E-state index contributed by atoms with van der Waals surface area (Å²) in [5, 5.41) is 6.31. The van der Waals surface area contributed by atoms with Crippen LogP contribution in [0, 0.1) is 17.2 Å². The number of halogens is 4. The second-order valence-corrected chi connectivity index (χ2v) is 9.33. The molecule has 4 aliphatic rings. The highest BCUT2D eigenvalue weighted by Crippen LogP contribution is 2.71. The fourth-order valence-electron chi connectivity index (χ4n) is 5.83. The van der Waals surface area contributed by atoms with Crippen LogP contribution in [0.5, 0.6) is 0 Å². The third kappa shape index (κ3) is 3.19. The van der Waals surface area contributed by atoms with Gasteiger partial charge in [-0.15, -0.1) is 0 Å². The van der Waals surface area contributed by atoms with Crippen LogP contribution >= 0.6 is 0 Å². The second kappa shape index (κ2) is 7.28. The van der Waals surface area contributed by atoms with Crippen LogP contribution in [0.2, 0.25) is 0 Å². The summed E-state index contributed by atoms with van der Waals surface area (Å²) in [5.74, 6) is 0.0464. The number of pyridine rings is 2. The molecule has 1 saturated heterocycles. The smallest absolute Gasteiger partial charge is 0.379 e. The van der Waals surface area contributed by atoms with Gasteiger partial charge in [0.15, 0.2) is 5.82 Å². The van der Waals surface area contributed by atoms with E-state index in [1.807, 2.05) is 11.0 Å². The van der Waals surface area contributed by atoms with Gasteiger partial charge in [0, 0.05) is 31.5 Å². The molecule has 1 amide bonds. The van der Waals surface area contributed by atoms with Crippen LogP contribution in [0.15, 0.2) is 54.4 Å². The maximum Gasteiger partial charge on any atom is 0.417 e. The maximum absolute atomic E-state index is 14.4. The average molecular weight is 471 g/mol. The first-order valence-corrected chi connectivity index (χ1v) is 11.1. The normalized spacial score (nSPS) is 29.2. The van der Waals surface area contributed by atoms with Crippen molar-refractivity contribution in [1.29, 1.82) is 0 Å². The Morgan fingerprint density at radius 2 is 2.06 bits per heavy atom. The maximum atomic E-state index is 14.4. The highest BCUT2D eigenvalue weighted by atomic mass is 19.4. The summed E-state index contributed by atoms with van der Waals surface area (Å²) in [5.41, 5.74) is 0.0848. The van der Waals surface area contributed by atoms with E-state index in [-0.39, 0.29) is 29.1 Å². The molecule has 2 aromatic rings. The number of alkyl halides is 3. The fourth-order valence-corrected chi connectivity index (χ4v) is 5.83. The summed E-state index contributed by atoms with van der Waals surface area (Å²) in [6.07, 6.45) is 3.24. The zero-order chi connectivity index (χ0) is 23.7. The lowest BCUT2D eigenvalue weighted by Crippen LogP contribution is -2.60. The Morgan fingerprint density at radius 1 is 1.21 bits per heavy atom. The number of likely N-dealkylation sites (tertiary alicyclic amines) is 1. The number of hydrogen-bond donors (Lipinski definition) is 2. The van der Waals surface area contributed by atoms with E-state index in [0.29, 0.717) is 36.1 Å². The van der Waals surface area contributed by atoms with Crippen molar-refractivity contribution >= 4 is 17.4 Å². The Labute approximate surface area is 192 Å². The van der Waals surface area contributed by atoms with Gasteiger partial charge in [0.2, 0.25) is 0 Å². The SMILES string of the molecule is O=C(C1=C(c2ncccc2F)NCC=C1)N1CC2CC23CC(Nc2ccc(C(F)(F)F)cn2)C13. The number of carbonyl (C=O) groups excluding carboxylic acids is 1. The predicted molar refractivity (Wildman–Crippen MR) is 116 cm³/mol. The summed E-state index contributed by atoms with van der Waals surface area (Å²) < 4.78 is 53.0. The van der Waals surface area contributed by atoms with E-state index >= 15 is 0 Å². The van der Waals surface area contributed by atoms with Crippen molar-refractivity contribution in [2.75, 3.05) is 18.4 Å². The van der Waals surface area contributed by atoms with Crippen molar-refractivity contribution < 1.29 is 22.4 Å². The zero-order valence-corrected chi connectivity index (χ0v) is 17.9. The average Bonchev–Trinajstić information content (AvgIpc) is 3.47. The molecule has 176 valence electrons. The fraction of sp³-hybridized carbons (Fsp3) is 0.375. The first kappa shape index (κ1) is 21.1. The van der Waals surface area contributed by atoms with Gasteiger partial charge in [-0.05, 0) is 54.5 Å². The van der Waals surface area contributed by atoms with Gasteiger partial charge in [0.25, 0.3) is 5.91 Å². The molecule has 1 spiro atoms. The van der Waals surface area contributed by atoms with Gasteiger partial charge in [-0.2, -0.15) is 13.2 Å². The van der Waals surface area contributed by atoms with Crippen molar-refractivity contribution in [2.45, 2.75) is 31.1 Å². The van der Waals surface area contributed by atoms with E-state index in [1.165, 1.54) is 24.4 Å². The van der Waals surface area contributed by atoms with Crippen LogP contribution in [-0.2, 0) is 11.0 Å². The van der Waals surface area contributed by atoms with Crippen LogP contribution in [-0.4, -0.2) is 45.9 Å². The molecule has 34 heavy (non-hydrogen) atoms.